The van der Waals surface area contributed by atoms with Crippen LogP contribution in [-0.2, 0) is 45.0 Å². The molecule has 0 radical (unpaired) electrons. The standard InChI is InChI=1S/C42H53F2N6O8PS3/c1-40(2,3)38(54)60-17-15-57-59(56,58-16-18-61-39(55)41(4,5)6)42(43,44)27-11-14-32-26(20-27)21-33(62-32)36(52)49-29-10-8-7-9-28-12-13-31(50(28)37(29)53)35(51)46-23-25-19-30-34(45-22-25)48-24-47-30/h11,14,19-22,24,28-29,31H,7-10,12-13,15-18,23H2,1-6H3,(H,46,51)(H,49,52)(H,45,47,48)/t28-,29-,31-/m0/s1. The van der Waals surface area contributed by atoms with Crippen molar-refractivity contribution in [2.75, 3.05) is 24.7 Å². The molecule has 0 unspecified atom stereocenters. The molecule has 2 aliphatic heterocycles. The van der Waals surface area contributed by atoms with Gasteiger partial charge in [0.15, 0.2) is 15.9 Å². The number of rotatable bonds is 15. The van der Waals surface area contributed by atoms with E-state index in [0.717, 1.165) is 70.9 Å². The number of hydrogen-bond acceptors (Lipinski definition) is 13. The first-order valence-corrected chi connectivity index (χ1v) is 24.9. The molecule has 2 aliphatic rings. The monoisotopic (exact) mass is 934 g/mol. The highest BCUT2D eigenvalue weighted by molar-refractivity contribution is 8.14. The van der Waals surface area contributed by atoms with E-state index in [1.165, 1.54) is 12.1 Å². The lowest BCUT2D eigenvalue weighted by molar-refractivity contribution is -0.142. The number of halogens is 2. The lowest BCUT2D eigenvalue weighted by atomic mass is 9.99. The number of carbonyl (C=O) groups is 5. The van der Waals surface area contributed by atoms with Gasteiger partial charge in [-0.25, -0.2) is 9.97 Å². The van der Waals surface area contributed by atoms with Crippen LogP contribution in [0.1, 0.15) is 101 Å². The quantitative estimate of drug-likeness (QED) is 0.0764. The second-order valence-electron chi connectivity index (χ2n) is 17.5. The molecule has 2 saturated heterocycles. The summed E-state index contributed by atoms with van der Waals surface area (Å²) in [5.41, 5.74) is -4.13. The Hall–Kier alpha value is -3.74. The second kappa shape index (κ2) is 19.6. The molecule has 6 rings (SSSR count). The first-order valence-electron chi connectivity index (χ1n) is 20.5. The number of alkyl halides is 2. The Morgan fingerprint density at radius 2 is 1.58 bits per heavy atom. The average Bonchev–Trinajstić information content (AvgIpc) is 3.97. The molecule has 1 aromatic carbocycles. The molecule has 3 atom stereocenters. The van der Waals surface area contributed by atoms with Gasteiger partial charge in [0.05, 0.1) is 29.9 Å². The van der Waals surface area contributed by atoms with Gasteiger partial charge in [0.2, 0.25) is 11.8 Å². The zero-order chi connectivity index (χ0) is 45.0. The van der Waals surface area contributed by atoms with Gasteiger partial charge in [-0.15, -0.1) is 11.3 Å². The van der Waals surface area contributed by atoms with Crippen molar-refractivity contribution in [3.05, 3.63) is 58.9 Å². The Morgan fingerprint density at radius 1 is 0.919 bits per heavy atom. The van der Waals surface area contributed by atoms with Crippen LogP contribution >= 0.6 is 42.5 Å². The van der Waals surface area contributed by atoms with Crippen molar-refractivity contribution < 1.29 is 46.4 Å². The number of thioether (sulfide) groups is 2. The van der Waals surface area contributed by atoms with Crippen LogP contribution in [0.5, 0.6) is 0 Å². The smallest absolute Gasteiger partial charge is 0.350 e. The summed E-state index contributed by atoms with van der Waals surface area (Å²) in [6.45, 7) is 9.61. The van der Waals surface area contributed by atoms with E-state index in [0.29, 0.717) is 36.0 Å². The molecule has 5 heterocycles. The highest BCUT2D eigenvalue weighted by Gasteiger charge is 2.55. The van der Waals surface area contributed by atoms with Gasteiger partial charge in [0.25, 0.3) is 5.91 Å². The fourth-order valence-corrected chi connectivity index (χ4v) is 11.4. The number of fused-ring (bicyclic) bond motifs is 3. The number of H-pyrrole nitrogens is 1. The lowest BCUT2D eigenvalue weighted by Gasteiger charge is -2.35. The topological polar surface area (TPSA) is 190 Å². The highest BCUT2D eigenvalue weighted by atomic mass is 32.2. The van der Waals surface area contributed by atoms with E-state index in [1.807, 2.05) is 6.07 Å². The summed E-state index contributed by atoms with van der Waals surface area (Å²) in [6.07, 6.45) is 6.92. The molecule has 336 valence electrons. The Balaban J connectivity index is 1.14. The SMILES string of the molecule is CC(C)(C)C(=O)SCCOP(=O)(OCCSC(=O)C(C)(C)C)C(F)(F)c1ccc2sc(C(=O)N[C@H]3CCCC[C@H]4CC[C@@H](C(=O)NCc5cnc6nc[nH]c6c5)N4C3=O)cc2c1. The molecular formula is C42H53F2N6O8PS3. The average molecular weight is 935 g/mol. The van der Waals surface area contributed by atoms with E-state index in [1.54, 1.807) is 59.0 Å². The van der Waals surface area contributed by atoms with E-state index in [4.69, 9.17) is 9.05 Å². The molecule has 14 nitrogen and oxygen atoms in total. The third kappa shape index (κ3) is 11.1. The number of aromatic amines is 1. The fourth-order valence-electron chi connectivity index (χ4n) is 7.15. The first kappa shape index (κ1) is 47.7. The van der Waals surface area contributed by atoms with Crippen molar-refractivity contribution >= 4 is 91.7 Å². The first-order chi connectivity index (χ1) is 29.2. The largest absolute Gasteiger partial charge is 0.404 e. The molecule has 0 spiro atoms. The van der Waals surface area contributed by atoms with Crippen LogP contribution in [0.25, 0.3) is 21.3 Å². The van der Waals surface area contributed by atoms with Crippen molar-refractivity contribution in [1.82, 2.24) is 30.5 Å². The minimum atomic E-state index is -5.26. The number of benzene rings is 1. The Kier molecular flexibility index (Phi) is 15.1. The minimum Gasteiger partial charge on any atom is -0.350 e. The molecule has 62 heavy (non-hydrogen) atoms. The zero-order valence-electron chi connectivity index (χ0n) is 35.6. The Morgan fingerprint density at radius 3 is 2.24 bits per heavy atom. The predicted octanol–water partition coefficient (Wildman–Crippen LogP) is 8.41. The van der Waals surface area contributed by atoms with Crippen LogP contribution in [0.15, 0.2) is 42.9 Å². The fraction of sp³-hybridized carbons (Fsp3) is 0.548. The lowest BCUT2D eigenvalue weighted by Crippen LogP contribution is -2.56. The number of hydrogen-bond donors (Lipinski definition) is 3. The predicted molar refractivity (Wildman–Crippen MR) is 238 cm³/mol. The maximum Gasteiger partial charge on any atom is 0.404 e. The Labute approximate surface area is 371 Å². The number of nitrogens with one attached hydrogen (secondary N) is 3. The van der Waals surface area contributed by atoms with Gasteiger partial charge in [-0.3, -0.25) is 28.5 Å². The summed E-state index contributed by atoms with van der Waals surface area (Å²) >= 11 is 2.80. The van der Waals surface area contributed by atoms with Crippen LogP contribution < -0.4 is 10.6 Å². The van der Waals surface area contributed by atoms with Crippen LogP contribution in [0, 0.1) is 10.8 Å². The number of pyridine rings is 1. The Bertz CT molecular complexity index is 2320. The third-order valence-electron chi connectivity index (χ3n) is 10.6. The summed E-state index contributed by atoms with van der Waals surface area (Å²) in [7, 11) is -5.26. The van der Waals surface area contributed by atoms with Gasteiger partial charge in [0.1, 0.15) is 12.1 Å². The number of thiophene rings is 1. The van der Waals surface area contributed by atoms with Gasteiger partial charge in [-0.05, 0) is 60.9 Å². The highest BCUT2D eigenvalue weighted by Crippen LogP contribution is 2.67. The summed E-state index contributed by atoms with van der Waals surface area (Å²) in [4.78, 5) is 79.5. The summed E-state index contributed by atoms with van der Waals surface area (Å²) < 4.78 is 58.1. The van der Waals surface area contributed by atoms with Crippen LogP contribution in [0.2, 0.25) is 0 Å². The molecule has 3 aromatic heterocycles. The van der Waals surface area contributed by atoms with E-state index in [9.17, 15) is 28.5 Å². The maximum absolute atomic E-state index is 16.4. The van der Waals surface area contributed by atoms with Crippen molar-refractivity contribution in [3.63, 3.8) is 0 Å². The molecular weight excluding hydrogens is 882 g/mol. The molecule has 0 aliphatic carbocycles. The van der Waals surface area contributed by atoms with Gasteiger partial charge in [-0.1, -0.05) is 84.0 Å². The number of imidazole rings is 1. The van der Waals surface area contributed by atoms with E-state index in [-0.39, 0.29) is 56.4 Å². The summed E-state index contributed by atoms with van der Waals surface area (Å²) in [6, 6.07) is 5.12. The normalized spacial score (nSPS) is 19.0. The van der Waals surface area contributed by atoms with Gasteiger partial charge < -0.3 is 29.6 Å². The van der Waals surface area contributed by atoms with E-state index < -0.39 is 60.9 Å². The van der Waals surface area contributed by atoms with Crippen molar-refractivity contribution in [3.8, 4) is 0 Å². The van der Waals surface area contributed by atoms with Crippen molar-refractivity contribution in [1.29, 1.82) is 0 Å². The molecule has 0 saturated carbocycles. The summed E-state index contributed by atoms with van der Waals surface area (Å²) in [5.74, 6) is -1.30. The van der Waals surface area contributed by atoms with Gasteiger partial charge in [0, 0.05) is 51.4 Å². The molecule has 4 aromatic rings. The number of nitrogens with zero attached hydrogens (tertiary/aromatic N) is 3. The molecule has 20 heteroatoms. The van der Waals surface area contributed by atoms with E-state index >= 15 is 8.78 Å². The van der Waals surface area contributed by atoms with Crippen molar-refractivity contribution in [2.24, 2.45) is 10.8 Å². The number of carbonyl (C=O) groups excluding carboxylic acids is 5. The molecule has 3 N–H and O–H groups in total. The van der Waals surface area contributed by atoms with Crippen LogP contribution in [0.3, 0.4) is 0 Å². The molecule has 2 fully saturated rings. The number of aromatic nitrogens is 3. The third-order valence-corrected chi connectivity index (χ3v) is 16.1. The van der Waals surface area contributed by atoms with Crippen LogP contribution in [-0.4, -0.2) is 90.6 Å². The van der Waals surface area contributed by atoms with E-state index in [2.05, 4.69) is 25.6 Å². The zero-order valence-corrected chi connectivity index (χ0v) is 38.9. The molecule has 3 amide bonds. The van der Waals surface area contributed by atoms with Crippen LogP contribution in [0.4, 0.5) is 8.78 Å². The van der Waals surface area contributed by atoms with Gasteiger partial charge >= 0.3 is 13.3 Å². The molecule has 0 bridgehead atoms. The van der Waals surface area contributed by atoms with Gasteiger partial charge in [-0.2, -0.15) is 8.78 Å². The second-order valence-corrected chi connectivity index (χ2v) is 22.8. The maximum atomic E-state index is 16.4. The van der Waals surface area contributed by atoms with Crippen molar-refractivity contribution in [2.45, 2.75) is 110 Å². The minimum absolute atomic E-state index is 0.0449. The summed E-state index contributed by atoms with van der Waals surface area (Å²) in [5, 5.41) is 5.70. The number of amides is 3.